The molecule has 0 aliphatic heterocycles. The summed E-state index contributed by atoms with van der Waals surface area (Å²) in [7, 11) is 0. The molecule has 2 aromatic carbocycles. The van der Waals surface area contributed by atoms with Crippen molar-refractivity contribution in [1.82, 2.24) is 4.90 Å². The van der Waals surface area contributed by atoms with Gasteiger partial charge in [0, 0.05) is 25.2 Å². The van der Waals surface area contributed by atoms with E-state index in [9.17, 15) is 9.59 Å². The van der Waals surface area contributed by atoms with E-state index in [4.69, 9.17) is 4.74 Å². The van der Waals surface area contributed by atoms with E-state index in [2.05, 4.69) is 29.6 Å². The number of fused-ring (bicyclic) bond motifs is 1. The molecule has 0 atom stereocenters. The first-order chi connectivity index (χ1) is 13.2. The topological polar surface area (TPSA) is 58.6 Å². The van der Waals surface area contributed by atoms with E-state index in [0.717, 1.165) is 18.4 Å². The van der Waals surface area contributed by atoms with Gasteiger partial charge in [-0.2, -0.15) is 0 Å². The third-order valence-corrected chi connectivity index (χ3v) is 4.83. The minimum atomic E-state index is -0.537. The van der Waals surface area contributed by atoms with Crippen LogP contribution in [-0.4, -0.2) is 28.5 Å². The van der Waals surface area contributed by atoms with Gasteiger partial charge in [0.15, 0.2) is 0 Å². The maximum atomic E-state index is 12.3. The van der Waals surface area contributed by atoms with E-state index in [0.29, 0.717) is 12.2 Å². The van der Waals surface area contributed by atoms with Crippen LogP contribution in [0, 0.1) is 0 Å². The van der Waals surface area contributed by atoms with E-state index >= 15 is 0 Å². The van der Waals surface area contributed by atoms with Gasteiger partial charge in [-0.15, -0.1) is 0 Å². The Bertz CT molecular complexity index is 828. The minimum absolute atomic E-state index is 0.0776. The summed E-state index contributed by atoms with van der Waals surface area (Å²) >= 11 is 0. The molecule has 0 spiro atoms. The number of rotatable bonds is 4. The molecule has 148 valence electrons. The molecule has 0 fully saturated rings. The molecule has 2 amide bonds. The van der Waals surface area contributed by atoms with Crippen LogP contribution in [0.3, 0.4) is 0 Å². The standard InChI is InChI=1S/C23H28N2O3/c1-16(26)25(21-13-18-7-5-6-8-19(18)14-21)15-17-9-11-20(12-10-17)24-22(27)28-23(2,3)4/h5-12,21H,13-15H2,1-4H3,(H,24,27). The Labute approximate surface area is 166 Å². The molecule has 0 radical (unpaired) electrons. The second-order valence-electron chi connectivity index (χ2n) is 8.30. The Morgan fingerprint density at radius 3 is 2.11 bits per heavy atom. The molecule has 28 heavy (non-hydrogen) atoms. The summed E-state index contributed by atoms with van der Waals surface area (Å²) in [6.07, 6.45) is 1.32. The van der Waals surface area contributed by atoms with Gasteiger partial charge in [0.05, 0.1) is 0 Å². The number of hydrogen-bond donors (Lipinski definition) is 1. The highest BCUT2D eigenvalue weighted by Crippen LogP contribution is 2.27. The normalized spacial score (nSPS) is 13.7. The number of carbonyl (C=O) groups excluding carboxylic acids is 2. The highest BCUT2D eigenvalue weighted by Gasteiger charge is 2.28. The van der Waals surface area contributed by atoms with Crippen LogP contribution in [0.2, 0.25) is 0 Å². The summed E-state index contributed by atoms with van der Waals surface area (Å²) in [4.78, 5) is 26.1. The van der Waals surface area contributed by atoms with Gasteiger partial charge in [-0.3, -0.25) is 10.1 Å². The molecule has 1 aliphatic carbocycles. The van der Waals surface area contributed by atoms with Gasteiger partial charge in [-0.1, -0.05) is 36.4 Å². The van der Waals surface area contributed by atoms with Crippen molar-refractivity contribution in [3.05, 3.63) is 65.2 Å². The zero-order valence-electron chi connectivity index (χ0n) is 17.0. The number of hydrogen-bond acceptors (Lipinski definition) is 3. The van der Waals surface area contributed by atoms with E-state index < -0.39 is 11.7 Å². The Morgan fingerprint density at radius 2 is 1.61 bits per heavy atom. The average molecular weight is 380 g/mol. The Morgan fingerprint density at radius 1 is 1.04 bits per heavy atom. The maximum Gasteiger partial charge on any atom is 0.412 e. The number of ether oxygens (including phenoxy) is 1. The molecule has 2 aromatic rings. The number of nitrogens with zero attached hydrogens (tertiary/aromatic N) is 1. The minimum Gasteiger partial charge on any atom is -0.444 e. The molecule has 0 bridgehead atoms. The van der Waals surface area contributed by atoms with Crippen molar-refractivity contribution in [2.45, 2.75) is 58.7 Å². The van der Waals surface area contributed by atoms with Crippen molar-refractivity contribution in [3.63, 3.8) is 0 Å². The number of anilines is 1. The summed E-state index contributed by atoms with van der Waals surface area (Å²) in [5, 5.41) is 2.73. The van der Waals surface area contributed by atoms with Gasteiger partial charge >= 0.3 is 6.09 Å². The van der Waals surface area contributed by atoms with Gasteiger partial charge in [-0.25, -0.2) is 4.79 Å². The third-order valence-electron chi connectivity index (χ3n) is 4.83. The average Bonchev–Trinajstić information content (AvgIpc) is 3.02. The van der Waals surface area contributed by atoms with Gasteiger partial charge in [-0.05, 0) is 62.4 Å². The lowest BCUT2D eigenvalue weighted by atomic mass is 10.1. The Kier molecular flexibility index (Phi) is 5.73. The predicted octanol–water partition coefficient (Wildman–Crippen LogP) is 4.55. The van der Waals surface area contributed by atoms with Crippen LogP contribution in [0.5, 0.6) is 0 Å². The van der Waals surface area contributed by atoms with Crippen molar-refractivity contribution in [3.8, 4) is 0 Å². The SMILES string of the molecule is CC(=O)N(Cc1ccc(NC(=O)OC(C)(C)C)cc1)C1Cc2ccccc2C1. The van der Waals surface area contributed by atoms with E-state index in [1.807, 2.05) is 49.9 Å². The second-order valence-corrected chi connectivity index (χ2v) is 8.30. The molecule has 3 rings (SSSR count). The van der Waals surface area contributed by atoms with Crippen LogP contribution in [0.15, 0.2) is 48.5 Å². The number of benzene rings is 2. The van der Waals surface area contributed by atoms with E-state index in [1.165, 1.54) is 11.1 Å². The van der Waals surface area contributed by atoms with Gasteiger partial charge < -0.3 is 9.64 Å². The van der Waals surface area contributed by atoms with Crippen molar-refractivity contribution in [1.29, 1.82) is 0 Å². The molecule has 1 aliphatic rings. The molecule has 5 nitrogen and oxygen atoms in total. The van der Waals surface area contributed by atoms with Crippen LogP contribution in [-0.2, 0) is 28.9 Å². The van der Waals surface area contributed by atoms with Crippen molar-refractivity contribution < 1.29 is 14.3 Å². The number of nitrogens with one attached hydrogen (secondary N) is 1. The van der Waals surface area contributed by atoms with Crippen molar-refractivity contribution >= 4 is 17.7 Å². The largest absolute Gasteiger partial charge is 0.444 e. The fourth-order valence-corrected chi connectivity index (χ4v) is 3.57. The van der Waals surface area contributed by atoms with Crippen LogP contribution >= 0.6 is 0 Å². The first kappa shape index (κ1) is 19.9. The quantitative estimate of drug-likeness (QED) is 0.846. The fourth-order valence-electron chi connectivity index (χ4n) is 3.57. The van der Waals surface area contributed by atoms with Crippen LogP contribution in [0.4, 0.5) is 10.5 Å². The number of amides is 2. The predicted molar refractivity (Wildman–Crippen MR) is 110 cm³/mol. The van der Waals surface area contributed by atoms with Crippen molar-refractivity contribution in [2.24, 2.45) is 0 Å². The number of carbonyl (C=O) groups is 2. The Hall–Kier alpha value is -2.82. The highest BCUT2D eigenvalue weighted by atomic mass is 16.6. The lowest BCUT2D eigenvalue weighted by molar-refractivity contribution is -0.131. The molecule has 0 heterocycles. The molecular weight excluding hydrogens is 352 g/mol. The molecule has 1 N–H and O–H groups in total. The van der Waals surface area contributed by atoms with E-state index in [1.54, 1.807) is 6.92 Å². The smallest absolute Gasteiger partial charge is 0.412 e. The fraction of sp³-hybridized carbons (Fsp3) is 0.391. The van der Waals surface area contributed by atoms with Gasteiger partial charge in [0.25, 0.3) is 0 Å². The van der Waals surface area contributed by atoms with Crippen molar-refractivity contribution in [2.75, 3.05) is 5.32 Å². The first-order valence-corrected chi connectivity index (χ1v) is 9.64. The monoisotopic (exact) mass is 380 g/mol. The summed E-state index contributed by atoms with van der Waals surface area (Å²) in [6.45, 7) is 7.66. The molecule has 0 aromatic heterocycles. The first-order valence-electron chi connectivity index (χ1n) is 9.64. The summed E-state index contributed by atoms with van der Waals surface area (Å²) < 4.78 is 5.26. The summed E-state index contributed by atoms with van der Waals surface area (Å²) in [6, 6.07) is 16.1. The molecule has 0 saturated carbocycles. The van der Waals surface area contributed by atoms with Gasteiger partial charge in [0.1, 0.15) is 5.60 Å². The van der Waals surface area contributed by atoms with Crippen LogP contribution in [0.1, 0.15) is 44.4 Å². The summed E-state index contributed by atoms with van der Waals surface area (Å²) in [5.41, 5.74) is 3.82. The lowest BCUT2D eigenvalue weighted by Gasteiger charge is -2.28. The molecular formula is C23H28N2O3. The van der Waals surface area contributed by atoms with Gasteiger partial charge in [0.2, 0.25) is 5.91 Å². The third kappa shape index (κ3) is 5.12. The Balaban J connectivity index is 1.63. The highest BCUT2D eigenvalue weighted by molar-refractivity contribution is 5.84. The van der Waals surface area contributed by atoms with Crippen LogP contribution in [0.25, 0.3) is 0 Å². The second kappa shape index (κ2) is 8.05. The summed E-state index contributed by atoms with van der Waals surface area (Å²) in [5.74, 6) is 0.0776. The van der Waals surface area contributed by atoms with Crippen LogP contribution < -0.4 is 5.32 Å². The maximum absolute atomic E-state index is 12.3. The lowest BCUT2D eigenvalue weighted by Crippen LogP contribution is -2.39. The molecule has 5 heteroatoms. The molecule has 0 saturated heterocycles. The molecule has 0 unspecified atom stereocenters. The zero-order chi connectivity index (χ0) is 20.3. The van der Waals surface area contributed by atoms with E-state index in [-0.39, 0.29) is 11.9 Å². The zero-order valence-corrected chi connectivity index (χ0v) is 17.0.